The molecule has 0 aliphatic rings. The van der Waals surface area contributed by atoms with Crippen LogP contribution >= 0.6 is 27.5 Å². The zero-order valence-corrected chi connectivity index (χ0v) is 11.9. The van der Waals surface area contributed by atoms with Gasteiger partial charge in [0.25, 0.3) is 5.91 Å². The number of carbonyl (C=O) groups is 1. The average Bonchev–Trinajstić information content (AvgIpc) is 2.28. The number of nitrogens with zero attached hydrogens (tertiary/aromatic N) is 1. The molecule has 1 amide bonds. The second-order valence-electron chi connectivity index (χ2n) is 4.00. The maximum absolute atomic E-state index is 11.9. The molecule has 0 aromatic carbocycles. The van der Waals surface area contributed by atoms with Crippen LogP contribution in [0.1, 0.15) is 24.2 Å². The van der Waals surface area contributed by atoms with E-state index in [4.69, 9.17) is 16.7 Å². The smallest absolute Gasteiger partial charge is 0.254 e. The highest BCUT2D eigenvalue weighted by Gasteiger charge is 2.18. The normalized spacial score (nSPS) is 12.6. The standard InChI is InChI=1S/C11H14BrClN2O2/c1-6(2)9(5-16)15-11(17)8-3-7(12)4-14-10(8)13/h3-4,6,9,16H,5H2,1-2H3,(H,15,17). The van der Waals surface area contributed by atoms with Crippen LogP contribution in [0.4, 0.5) is 0 Å². The summed E-state index contributed by atoms with van der Waals surface area (Å²) >= 11 is 9.07. The van der Waals surface area contributed by atoms with Gasteiger partial charge in [0.15, 0.2) is 0 Å². The number of amides is 1. The van der Waals surface area contributed by atoms with Gasteiger partial charge in [0.1, 0.15) is 5.15 Å². The Morgan fingerprint density at radius 2 is 2.29 bits per heavy atom. The number of nitrogens with one attached hydrogen (secondary N) is 1. The van der Waals surface area contributed by atoms with Crippen molar-refractivity contribution in [1.82, 2.24) is 10.3 Å². The Morgan fingerprint density at radius 1 is 1.65 bits per heavy atom. The lowest BCUT2D eigenvalue weighted by atomic mass is 10.1. The number of aliphatic hydroxyl groups excluding tert-OH is 1. The van der Waals surface area contributed by atoms with Crippen LogP contribution in [-0.2, 0) is 0 Å². The molecule has 1 unspecified atom stereocenters. The molecule has 1 atom stereocenters. The van der Waals surface area contributed by atoms with E-state index in [0.29, 0.717) is 10.0 Å². The van der Waals surface area contributed by atoms with Crippen molar-refractivity contribution >= 4 is 33.4 Å². The van der Waals surface area contributed by atoms with Crippen LogP contribution in [0.2, 0.25) is 5.15 Å². The topological polar surface area (TPSA) is 62.2 Å². The fourth-order valence-electron chi connectivity index (χ4n) is 1.25. The van der Waals surface area contributed by atoms with E-state index in [2.05, 4.69) is 26.2 Å². The van der Waals surface area contributed by atoms with Gasteiger partial charge in [0.05, 0.1) is 18.2 Å². The molecule has 0 bridgehead atoms. The summed E-state index contributed by atoms with van der Waals surface area (Å²) in [4.78, 5) is 15.8. The van der Waals surface area contributed by atoms with Crippen molar-refractivity contribution in [2.75, 3.05) is 6.61 Å². The first-order valence-electron chi connectivity index (χ1n) is 5.18. The van der Waals surface area contributed by atoms with Crippen molar-refractivity contribution in [3.63, 3.8) is 0 Å². The van der Waals surface area contributed by atoms with E-state index < -0.39 is 0 Å². The molecular formula is C11H14BrClN2O2. The molecule has 1 heterocycles. The van der Waals surface area contributed by atoms with Crippen LogP contribution in [0.3, 0.4) is 0 Å². The lowest BCUT2D eigenvalue weighted by molar-refractivity contribution is 0.0896. The predicted molar refractivity (Wildman–Crippen MR) is 70.1 cm³/mol. The number of pyridine rings is 1. The predicted octanol–water partition coefficient (Wildman–Crippen LogP) is 2.24. The van der Waals surface area contributed by atoms with Gasteiger partial charge in [-0.15, -0.1) is 0 Å². The van der Waals surface area contributed by atoms with Crippen LogP contribution in [0, 0.1) is 5.92 Å². The molecule has 0 radical (unpaired) electrons. The van der Waals surface area contributed by atoms with E-state index in [-0.39, 0.29) is 29.6 Å². The summed E-state index contributed by atoms with van der Waals surface area (Å²) in [5, 5.41) is 12.0. The molecule has 1 rings (SSSR count). The van der Waals surface area contributed by atoms with E-state index in [1.54, 1.807) is 6.07 Å². The Labute approximate surface area is 114 Å². The van der Waals surface area contributed by atoms with Gasteiger partial charge in [0, 0.05) is 10.7 Å². The van der Waals surface area contributed by atoms with Crippen molar-refractivity contribution in [2.45, 2.75) is 19.9 Å². The van der Waals surface area contributed by atoms with Gasteiger partial charge >= 0.3 is 0 Å². The van der Waals surface area contributed by atoms with E-state index >= 15 is 0 Å². The fourth-order valence-corrected chi connectivity index (χ4v) is 1.77. The first-order chi connectivity index (χ1) is 7.95. The van der Waals surface area contributed by atoms with E-state index in [9.17, 15) is 4.79 Å². The van der Waals surface area contributed by atoms with Crippen LogP contribution in [-0.4, -0.2) is 28.6 Å². The molecule has 0 fully saturated rings. The van der Waals surface area contributed by atoms with Crippen LogP contribution < -0.4 is 5.32 Å². The van der Waals surface area contributed by atoms with Crippen molar-refractivity contribution in [1.29, 1.82) is 0 Å². The van der Waals surface area contributed by atoms with Gasteiger partial charge in [-0.25, -0.2) is 4.98 Å². The third kappa shape index (κ3) is 3.94. The Hall–Kier alpha value is -0.650. The molecule has 0 aliphatic carbocycles. The van der Waals surface area contributed by atoms with Crippen molar-refractivity contribution in [3.05, 3.63) is 27.5 Å². The monoisotopic (exact) mass is 320 g/mol. The number of carbonyl (C=O) groups excluding carboxylic acids is 1. The van der Waals surface area contributed by atoms with Gasteiger partial charge in [-0.1, -0.05) is 25.4 Å². The molecule has 2 N–H and O–H groups in total. The lowest BCUT2D eigenvalue weighted by Crippen LogP contribution is -2.41. The molecule has 94 valence electrons. The van der Waals surface area contributed by atoms with Gasteiger partial charge in [0.2, 0.25) is 0 Å². The minimum absolute atomic E-state index is 0.109. The Balaban J connectivity index is 2.86. The summed E-state index contributed by atoms with van der Waals surface area (Å²) < 4.78 is 0.678. The van der Waals surface area contributed by atoms with Gasteiger partial charge in [-0.3, -0.25) is 4.79 Å². The van der Waals surface area contributed by atoms with E-state index in [0.717, 1.165) is 0 Å². The number of aromatic nitrogens is 1. The summed E-state index contributed by atoms with van der Waals surface area (Å²) in [6.45, 7) is 3.73. The van der Waals surface area contributed by atoms with E-state index in [1.807, 2.05) is 13.8 Å². The zero-order valence-electron chi connectivity index (χ0n) is 9.58. The zero-order chi connectivity index (χ0) is 13.0. The Bertz CT molecular complexity index is 412. The van der Waals surface area contributed by atoms with Gasteiger partial charge < -0.3 is 10.4 Å². The summed E-state index contributed by atoms with van der Waals surface area (Å²) in [6.07, 6.45) is 1.52. The first-order valence-corrected chi connectivity index (χ1v) is 6.35. The minimum Gasteiger partial charge on any atom is -0.394 e. The number of aliphatic hydroxyl groups is 1. The molecule has 0 saturated heterocycles. The van der Waals surface area contributed by atoms with Gasteiger partial charge in [-0.05, 0) is 27.9 Å². The fraction of sp³-hybridized carbons (Fsp3) is 0.455. The highest BCUT2D eigenvalue weighted by Crippen LogP contribution is 2.18. The largest absolute Gasteiger partial charge is 0.394 e. The highest BCUT2D eigenvalue weighted by atomic mass is 79.9. The quantitative estimate of drug-likeness (QED) is 0.836. The third-order valence-corrected chi connectivity index (χ3v) is 3.10. The summed E-state index contributed by atoms with van der Waals surface area (Å²) in [7, 11) is 0. The minimum atomic E-state index is -0.337. The first kappa shape index (κ1) is 14.4. The number of hydrogen-bond acceptors (Lipinski definition) is 3. The summed E-state index contributed by atoms with van der Waals surface area (Å²) in [6, 6.07) is 1.30. The van der Waals surface area contributed by atoms with Gasteiger partial charge in [-0.2, -0.15) is 0 Å². The van der Waals surface area contributed by atoms with Crippen molar-refractivity contribution in [3.8, 4) is 0 Å². The van der Waals surface area contributed by atoms with Crippen LogP contribution in [0.25, 0.3) is 0 Å². The molecular weight excluding hydrogens is 307 g/mol. The number of halogens is 2. The molecule has 4 nitrogen and oxygen atoms in total. The molecule has 17 heavy (non-hydrogen) atoms. The Kier molecular flexibility index (Phi) is 5.36. The molecule has 6 heteroatoms. The SMILES string of the molecule is CC(C)C(CO)NC(=O)c1cc(Br)cnc1Cl. The van der Waals surface area contributed by atoms with Crippen LogP contribution in [0.5, 0.6) is 0 Å². The third-order valence-electron chi connectivity index (χ3n) is 2.37. The van der Waals surface area contributed by atoms with Crippen molar-refractivity contribution in [2.24, 2.45) is 5.92 Å². The summed E-state index contributed by atoms with van der Waals surface area (Å²) in [5.74, 6) is -0.195. The van der Waals surface area contributed by atoms with Crippen LogP contribution in [0.15, 0.2) is 16.7 Å². The lowest BCUT2D eigenvalue weighted by Gasteiger charge is -2.20. The molecule has 0 spiro atoms. The summed E-state index contributed by atoms with van der Waals surface area (Å²) in [5.41, 5.74) is 0.292. The maximum Gasteiger partial charge on any atom is 0.254 e. The molecule has 1 aromatic heterocycles. The number of rotatable bonds is 4. The molecule has 0 saturated carbocycles. The van der Waals surface area contributed by atoms with Crippen molar-refractivity contribution < 1.29 is 9.90 Å². The van der Waals surface area contributed by atoms with E-state index in [1.165, 1.54) is 6.20 Å². The number of hydrogen-bond donors (Lipinski definition) is 2. The average molecular weight is 322 g/mol. The Morgan fingerprint density at radius 3 is 2.82 bits per heavy atom. The second-order valence-corrected chi connectivity index (χ2v) is 5.27. The maximum atomic E-state index is 11.9. The molecule has 1 aromatic rings. The second kappa shape index (κ2) is 6.33. The highest BCUT2D eigenvalue weighted by molar-refractivity contribution is 9.10. The molecule has 0 aliphatic heterocycles.